The van der Waals surface area contributed by atoms with Crippen LogP contribution in [0.25, 0.3) is 11.1 Å². The van der Waals surface area contributed by atoms with Gasteiger partial charge in [-0.05, 0) is 30.0 Å². The van der Waals surface area contributed by atoms with Gasteiger partial charge in [0.1, 0.15) is 5.82 Å². The SMILES string of the molecule is CC1CC1c1nn(C)c(N)c1-c1ccc2c(c1)OCO2. The molecule has 0 bridgehead atoms. The lowest BCUT2D eigenvalue weighted by Crippen LogP contribution is -1.98. The molecule has 2 aliphatic rings. The van der Waals surface area contributed by atoms with Gasteiger partial charge in [-0.1, -0.05) is 13.0 Å². The normalized spacial score (nSPS) is 23.1. The summed E-state index contributed by atoms with van der Waals surface area (Å²) in [4.78, 5) is 0. The third kappa shape index (κ3) is 1.59. The average Bonchev–Trinajstić information content (AvgIpc) is 2.85. The van der Waals surface area contributed by atoms with Gasteiger partial charge in [-0.2, -0.15) is 5.10 Å². The van der Waals surface area contributed by atoms with Crippen LogP contribution in [0.1, 0.15) is 25.0 Å². The predicted octanol–water partition coefficient (Wildman–Crippen LogP) is 2.52. The lowest BCUT2D eigenvalue weighted by atomic mass is 10.0. The van der Waals surface area contributed by atoms with Gasteiger partial charge in [0.25, 0.3) is 0 Å². The van der Waals surface area contributed by atoms with Gasteiger partial charge in [-0.3, -0.25) is 4.68 Å². The van der Waals surface area contributed by atoms with Gasteiger partial charge < -0.3 is 15.2 Å². The molecule has 5 nitrogen and oxygen atoms in total. The minimum Gasteiger partial charge on any atom is -0.454 e. The lowest BCUT2D eigenvalue weighted by molar-refractivity contribution is 0.174. The number of ether oxygens (including phenoxy) is 2. The summed E-state index contributed by atoms with van der Waals surface area (Å²) in [5, 5.41) is 4.61. The van der Waals surface area contributed by atoms with E-state index in [0.29, 0.717) is 17.7 Å². The zero-order chi connectivity index (χ0) is 13.9. The van der Waals surface area contributed by atoms with Crippen molar-refractivity contribution in [1.29, 1.82) is 0 Å². The van der Waals surface area contributed by atoms with E-state index in [4.69, 9.17) is 15.2 Å². The minimum atomic E-state index is 0.286. The number of hydrogen-bond acceptors (Lipinski definition) is 4. The Balaban J connectivity index is 1.85. The Labute approximate surface area is 117 Å². The third-order valence-electron chi connectivity index (χ3n) is 4.24. The summed E-state index contributed by atoms with van der Waals surface area (Å²) in [6.45, 7) is 2.53. The molecular weight excluding hydrogens is 254 g/mol. The van der Waals surface area contributed by atoms with Crippen LogP contribution in [0.4, 0.5) is 5.82 Å². The maximum absolute atomic E-state index is 6.22. The van der Waals surface area contributed by atoms with E-state index in [1.165, 1.54) is 6.42 Å². The van der Waals surface area contributed by atoms with Crippen LogP contribution in [0.3, 0.4) is 0 Å². The first kappa shape index (κ1) is 11.6. The second-order valence-electron chi connectivity index (χ2n) is 5.66. The predicted molar refractivity (Wildman–Crippen MR) is 75.7 cm³/mol. The summed E-state index contributed by atoms with van der Waals surface area (Å²) in [6.07, 6.45) is 1.19. The molecule has 104 valence electrons. The molecule has 1 aliphatic carbocycles. The number of aromatic nitrogens is 2. The number of anilines is 1. The Bertz CT molecular complexity index is 693. The first-order valence-corrected chi connectivity index (χ1v) is 6.87. The van der Waals surface area contributed by atoms with Gasteiger partial charge in [-0.15, -0.1) is 0 Å². The number of aryl methyl sites for hydroxylation is 1. The first-order valence-electron chi connectivity index (χ1n) is 6.87. The van der Waals surface area contributed by atoms with E-state index in [1.54, 1.807) is 4.68 Å². The molecule has 2 heterocycles. The van der Waals surface area contributed by atoms with Crippen LogP contribution in [-0.2, 0) is 7.05 Å². The van der Waals surface area contributed by atoms with Crippen molar-refractivity contribution in [3.63, 3.8) is 0 Å². The van der Waals surface area contributed by atoms with Gasteiger partial charge in [-0.25, -0.2) is 0 Å². The highest BCUT2D eigenvalue weighted by atomic mass is 16.7. The van der Waals surface area contributed by atoms with Gasteiger partial charge in [0.2, 0.25) is 6.79 Å². The molecule has 2 aromatic rings. The van der Waals surface area contributed by atoms with Crippen molar-refractivity contribution in [2.45, 2.75) is 19.3 Å². The fourth-order valence-corrected chi connectivity index (χ4v) is 2.87. The molecule has 1 saturated carbocycles. The summed E-state index contributed by atoms with van der Waals surface area (Å²) in [5.41, 5.74) is 9.42. The molecule has 1 aromatic carbocycles. The zero-order valence-corrected chi connectivity index (χ0v) is 11.6. The molecule has 4 rings (SSSR count). The molecular formula is C15H17N3O2. The van der Waals surface area contributed by atoms with E-state index in [2.05, 4.69) is 12.0 Å². The highest BCUT2D eigenvalue weighted by molar-refractivity contribution is 5.79. The quantitative estimate of drug-likeness (QED) is 0.911. The summed E-state index contributed by atoms with van der Waals surface area (Å²) in [7, 11) is 1.89. The van der Waals surface area contributed by atoms with E-state index in [1.807, 2.05) is 25.2 Å². The van der Waals surface area contributed by atoms with Crippen LogP contribution in [0.5, 0.6) is 11.5 Å². The number of nitrogens with zero attached hydrogens (tertiary/aromatic N) is 2. The van der Waals surface area contributed by atoms with Crippen molar-refractivity contribution < 1.29 is 9.47 Å². The maximum atomic E-state index is 6.22. The molecule has 1 fully saturated rings. The van der Waals surface area contributed by atoms with Crippen LogP contribution in [0.2, 0.25) is 0 Å². The van der Waals surface area contributed by atoms with Crippen LogP contribution in [0, 0.1) is 5.92 Å². The molecule has 2 N–H and O–H groups in total. The molecule has 0 amide bonds. The van der Waals surface area contributed by atoms with Gasteiger partial charge >= 0.3 is 0 Å². The average molecular weight is 271 g/mol. The number of fused-ring (bicyclic) bond motifs is 1. The van der Waals surface area contributed by atoms with Gasteiger partial charge in [0.05, 0.1) is 5.69 Å². The highest BCUT2D eigenvalue weighted by Crippen LogP contribution is 2.51. The second kappa shape index (κ2) is 3.91. The van der Waals surface area contributed by atoms with Crippen LogP contribution in [-0.4, -0.2) is 16.6 Å². The van der Waals surface area contributed by atoms with Crippen molar-refractivity contribution in [2.24, 2.45) is 13.0 Å². The zero-order valence-electron chi connectivity index (χ0n) is 11.6. The molecule has 5 heteroatoms. The molecule has 0 radical (unpaired) electrons. The smallest absolute Gasteiger partial charge is 0.231 e. The number of hydrogen-bond donors (Lipinski definition) is 1. The molecule has 1 aromatic heterocycles. The maximum Gasteiger partial charge on any atom is 0.231 e. The van der Waals surface area contributed by atoms with E-state index < -0.39 is 0 Å². The van der Waals surface area contributed by atoms with Crippen LogP contribution >= 0.6 is 0 Å². The number of nitrogen functional groups attached to an aromatic ring is 1. The molecule has 1 aliphatic heterocycles. The monoisotopic (exact) mass is 271 g/mol. The second-order valence-corrected chi connectivity index (χ2v) is 5.66. The number of rotatable bonds is 2. The lowest BCUT2D eigenvalue weighted by Gasteiger charge is -2.05. The molecule has 20 heavy (non-hydrogen) atoms. The van der Waals surface area contributed by atoms with E-state index in [0.717, 1.165) is 28.3 Å². The number of benzene rings is 1. The van der Waals surface area contributed by atoms with Gasteiger partial charge in [0, 0.05) is 18.5 Å². The van der Waals surface area contributed by atoms with E-state index in [-0.39, 0.29) is 6.79 Å². The van der Waals surface area contributed by atoms with E-state index >= 15 is 0 Å². The first-order chi connectivity index (χ1) is 9.65. The fourth-order valence-electron chi connectivity index (χ4n) is 2.87. The largest absolute Gasteiger partial charge is 0.454 e. The summed E-state index contributed by atoms with van der Waals surface area (Å²) in [5.74, 6) is 3.49. The summed E-state index contributed by atoms with van der Waals surface area (Å²) < 4.78 is 12.6. The Morgan fingerprint density at radius 1 is 1.30 bits per heavy atom. The minimum absolute atomic E-state index is 0.286. The molecule has 0 saturated heterocycles. The Morgan fingerprint density at radius 2 is 2.05 bits per heavy atom. The van der Waals surface area contributed by atoms with Crippen molar-refractivity contribution in [1.82, 2.24) is 9.78 Å². The molecule has 2 unspecified atom stereocenters. The standard InChI is InChI=1S/C15H17N3O2/c1-8-5-10(8)14-13(15(16)18(2)17-14)9-3-4-11-12(6-9)20-7-19-11/h3-4,6,8,10H,5,7,16H2,1-2H3. The Kier molecular flexibility index (Phi) is 2.28. The van der Waals surface area contributed by atoms with Crippen molar-refractivity contribution >= 4 is 5.82 Å². The Morgan fingerprint density at radius 3 is 2.80 bits per heavy atom. The van der Waals surface area contributed by atoms with Crippen molar-refractivity contribution in [3.05, 3.63) is 23.9 Å². The van der Waals surface area contributed by atoms with Crippen LogP contribution < -0.4 is 15.2 Å². The van der Waals surface area contributed by atoms with Gasteiger partial charge in [0.15, 0.2) is 11.5 Å². The van der Waals surface area contributed by atoms with Crippen LogP contribution in [0.15, 0.2) is 18.2 Å². The fraction of sp³-hybridized carbons (Fsp3) is 0.400. The van der Waals surface area contributed by atoms with Crippen molar-refractivity contribution in [2.75, 3.05) is 12.5 Å². The summed E-state index contributed by atoms with van der Waals surface area (Å²) >= 11 is 0. The van der Waals surface area contributed by atoms with E-state index in [9.17, 15) is 0 Å². The van der Waals surface area contributed by atoms with Crippen molar-refractivity contribution in [3.8, 4) is 22.6 Å². The Hall–Kier alpha value is -2.17. The third-order valence-corrected chi connectivity index (χ3v) is 4.24. The summed E-state index contributed by atoms with van der Waals surface area (Å²) in [6, 6.07) is 5.95. The molecule has 2 atom stereocenters. The highest BCUT2D eigenvalue weighted by Gasteiger charge is 2.39. The topological polar surface area (TPSA) is 62.3 Å². The number of nitrogens with two attached hydrogens (primary N) is 1. The molecule has 0 spiro atoms.